The van der Waals surface area contributed by atoms with Crippen molar-refractivity contribution in [2.24, 2.45) is 0 Å². The van der Waals surface area contributed by atoms with Gasteiger partial charge in [-0.05, 0) is 44.9 Å². The van der Waals surface area contributed by atoms with Crippen molar-refractivity contribution in [2.75, 3.05) is 19.8 Å². The van der Waals surface area contributed by atoms with Crippen molar-refractivity contribution >= 4 is 17.5 Å². The maximum absolute atomic E-state index is 12.1. The third-order valence-electron chi connectivity index (χ3n) is 3.75. The number of ether oxygens (including phenoxy) is 2. The number of halogens is 1. The number of aryl methyl sites for hydroxylation is 2. The molecule has 1 aromatic carbocycles. The van der Waals surface area contributed by atoms with Gasteiger partial charge in [-0.3, -0.25) is 9.48 Å². The number of rotatable bonds is 10. The summed E-state index contributed by atoms with van der Waals surface area (Å²) in [6.45, 7) is 8.14. The van der Waals surface area contributed by atoms with Gasteiger partial charge in [-0.15, -0.1) is 0 Å². The minimum Gasteiger partial charge on any atom is -0.490 e. The molecule has 0 bridgehead atoms. The molecule has 0 fully saturated rings. The Labute approximate surface area is 159 Å². The Balaban J connectivity index is 1.80. The number of aromatic nitrogens is 2. The molecule has 2 rings (SSSR count). The fourth-order valence-corrected chi connectivity index (χ4v) is 2.68. The molecule has 2 aromatic rings. The van der Waals surface area contributed by atoms with Gasteiger partial charge < -0.3 is 14.8 Å². The average Bonchev–Trinajstić information content (AvgIpc) is 2.92. The zero-order valence-electron chi connectivity index (χ0n) is 15.5. The van der Waals surface area contributed by atoms with Crippen molar-refractivity contribution in [1.29, 1.82) is 0 Å². The highest BCUT2D eigenvalue weighted by molar-refractivity contribution is 6.31. The van der Waals surface area contributed by atoms with Gasteiger partial charge in [0.25, 0.3) is 0 Å². The third kappa shape index (κ3) is 5.95. The summed E-state index contributed by atoms with van der Waals surface area (Å²) < 4.78 is 12.9. The van der Waals surface area contributed by atoms with E-state index in [0.717, 1.165) is 17.7 Å². The van der Waals surface area contributed by atoms with Crippen molar-refractivity contribution in [3.63, 3.8) is 0 Å². The van der Waals surface area contributed by atoms with Crippen molar-refractivity contribution in [3.05, 3.63) is 40.7 Å². The second-order valence-electron chi connectivity index (χ2n) is 5.85. The third-order valence-corrected chi connectivity index (χ3v) is 4.12. The van der Waals surface area contributed by atoms with Crippen LogP contribution < -0.4 is 14.8 Å². The lowest BCUT2D eigenvalue weighted by Gasteiger charge is -2.12. The number of carbonyl (C=O) groups excluding carboxylic acids is 1. The first-order valence-corrected chi connectivity index (χ1v) is 9.26. The van der Waals surface area contributed by atoms with E-state index >= 15 is 0 Å². The molecule has 0 aliphatic heterocycles. The Bertz CT molecular complexity index is 711. The molecule has 0 spiro atoms. The van der Waals surface area contributed by atoms with Gasteiger partial charge in [-0.1, -0.05) is 17.7 Å². The van der Waals surface area contributed by atoms with Gasteiger partial charge in [0, 0.05) is 19.3 Å². The lowest BCUT2D eigenvalue weighted by molar-refractivity contribution is -0.120. The van der Waals surface area contributed by atoms with E-state index in [1.54, 1.807) is 10.9 Å². The number of nitrogens with one attached hydrogen (secondary N) is 1. The average molecular weight is 380 g/mol. The summed E-state index contributed by atoms with van der Waals surface area (Å²) in [5.41, 5.74) is 1.71. The summed E-state index contributed by atoms with van der Waals surface area (Å²) in [4.78, 5) is 12.1. The molecule has 0 saturated carbocycles. The van der Waals surface area contributed by atoms with Crippen LogP contribution in [0.25, 0.3) is 0 Å². The van der Waals surface area contributed by atoms with Crippen molar-refractivity contribution in [2.45, 2.75) is 40.2 Å². The topological polar surface area (TPSA) is 65.4 Å². The van der Waals surface area contributed by atoms with E-state index in [9.17, 15) is 4.79 Å². The molecule has 1 heterocycles. The SMILES string of the molecule is CCOc1ccc(CC(=O)NCCCn2cc(Cl)c(C)n2)cc1OCC. The van der Waals surface area contributed by atoms with Gasteiger partial charge in [0.1, 0.15) is 0 Å². The molecule has 1 amide bonds. The largest absolute Gasteiger partial charge is 0.490 e. The van der Waals surface area contributed by atoms with Gasteiger partial charge >= 0.3 is 0 Å². The van der Waals surface area contributed by atoms with E-state index in [1.165, 1.54) is 0 Å². The molecule has 0 aliphatic rings. The van der Waals surface area contributed by atoms with Crippen LogP contribution in [0.2, 0.25) is 5.02 Å². The van der Waals surface area contributed by atoms with E-state index < -0.39 is 0 Å². The van der Waals surface area contributed by atoms with Crippen molar-refractivity contribution in [3.8, 4) is 11.5 Å². The minimum absolute atomic E-state index is 0.0220. The van der Waals surface area contributed by atoms with Crippen molar-refractivity contribution < 1.29 is 14.3 Å². The van der Waals surface area contributed by atoms with E-state index in [4.69, 9.17) is 21.1 Å². The molecule has 0 radical (unpaired) electrons. The van der Waals surface area contributed by atoms with Crippen molar-refractivity contribution in [1.82, 2.24) is 15.1 Å². The van der Waals surface area contributed by atoms with Crippen LogP contribution in [0.15, 0.2) is 24.4 Å². The molecular weight excluding hydrogens is 354 g/mol. The highest BCUT2D eigenvalue weighted by Crippen LogP contribution is 2.28. The molecule has 1 aromatic heterocycles. The standard InChI is InChI=1S/C19H26ClN3O3/c1-4-25-17-8-7-15(11-18(17)26-5-2)12-19(24)21-9-6-10-23-13-16(20)14(3)22-23/h7-8,11,13H,4-6,9-10,12H2,1-3H3,(H,21,24). The second-order valence-corrected chi connectivity index (χ2v) is 6.26. The number of carbonyl (C=O) groups is 1. The van der Waals surface area contributed by atoms with Gasteiger partial charge in [0.15, 0.2) is 11.5 Å². The van der Waals surface area contributed by atoms with Crippen LogP contribution in [-0.4, -0.2) is 35.4 Å². The Hall–Kier alpha value is -2.21. The summed E-state index contributed by atoms with van der Waals surface area (Å²) in [6.07, 6.45) is 2.89. The lowest BCUT2D eigenvalue weighted by Crippen LogP contribution is -2.26. The Morgan fingerprint density at radius 3 is 2.62 bits per heavy atom. The summed E-state index contributed by atoms with van der Waals surface area (Å²) in [7, 11) is 0. The summed E-state index contributed by atoms with van der Waals surface area (Å²) in [5.74, 6) is 1.35. The monoisotopic (exact) mass is 379 g/mol. The molecule has 0 saturated heterocycles. The van der Waals surface area contributed by atoms with E-state index in [0.29, 0.717) is 49.2 Å². The highest BCUT2D eigenvalue weighted by atomic mass is 35.5. The van der Waals surface area contributed by atoms with Crippen LogP contribution in [0.4, 0.5) is 0 Å². The highest BCUT2D eigenvalue weighted by Gasteiger charge is 2.09. The van der Waals surface area contributed by atoms with Crippen LogP contribution in [-0.2, 0) is 17.8 Å². The number of hydrogen-bond donors (Lipinski definition) is 1. The molecule has 7 heteroatoms. The second kappa shape index (κ2) is 10.1. The van der Waals surface area contributed by atoms with Crippen LogP contribution >= 0.6 is 11.6 Å². The van der Waals surface area contributed by atoms with E-state index in [2.05, 4.69) is 10.4 Å². The summed E-state index contributed by atoms with van der Waals surface area (Å²) >= 11 is 5.98. The van der Waals surface area contributed by atoms with Gasteiger partial charge in [0.2, 0.25) is 5.91 Å². The Morgan fingerprint density at radius 2 is 1.96 bits per heavy atom. The van der Waals surface area contributed by atoms with Gasteiger partial charge in [0.05, 0.1) is 30.4 Å². The smallest absolute Gasteiger partial charge is 0.224 e. The number of hydrogen-bond acceptors (Lipinski definition) is 4. The quantitative estimate of drug-likeness (QED) is 0.642. The number of amides is 1. The molecule has 0 aliphatic carbocycles. The molecule has 6 nitrogen and oxygen atoms in total. The maximum atomic E-state index is 12.1. The maximum Gasteiger partial charge on any atom is 0.224 e. The molecule has 0 unspecified atom stereocenters. The minimum atomic E-state index is -0.0220. The fourth-order valence-electron chi connectivity index (χ4n) is 2.53. The molecular formula is C19H26ClN3O3. The first kappa shape index (κ1) is 20.1. The predicted molar refractivity (Wildman–Crippen MR) is 102 cm³/mol. The Kier molecular flexibility index (Phi) is 7.78. The van der Waals surface area contributed by atoms with Gasteiger partial charge in [-0.25, -0.2) is 0 Å². The fraction of sp³-hybridized carbons (Fsp3) is 0.474. The molecule has 142 valence electrons. The van der Waals surface area contributed by atoms with Crippen LogP contribution in [0.1, 0.15) is 31.5 Å². The Morgan fingerprint density at radius 1 is 1.23 bits per heavy atom. The van der Waals surface area contributed by atoms with Gasteiger partial charge in [-0.2, -0.15) is 5.10 Å². The number of nitrogens with zero attached hydrogens (tertiary/aromatic N) is 2. The summed E-state index contributed by atoms with van der Waals surface area (Å²) in [6, 6.07) is 5.60. The number of benzene rings is 1. The molecule has 0 atom stereocenters. The zero-order chi connectivity index (χ0) is 18.9. The first-order valence-electron chi connectivity index (χ1n) is 8.88. The lowest BCUT2D eigenvalue weighted by atomic mass is 10.1. The van der Waals surface area contributed by atoms with Crippen LogP contribution in [0.3, 0.4) is 0 Å². The zero-order valence-corrected chi connectivity index (χ0v) is 16.3. The molecule has 26 heavy (non-hydrogen) atoms. The normalized spacial score (nSPS) is 10.6. The van der Waals surface area contributed by atoms with E-state index in [-0.39, 0.29) is 5.91 Å². The first-order chi connectivity index (χ1) is 12.5. The van der Waals surface area contributed by atoms with Crippen LogP contribution in [0.5, 0.6) is 11.5 Å². The van der Waals surface area contributed by atoms with Crippen LogP contribution in [0, 0.1) is 6.92 Å². The summed E-state index contributed by atoms with van der Waals surface area (Å²) in [5, 5.41) is 7.88. The van der Waals surface area contributed by atoms with E-state index in [1.807, 2.05) is 39.0 Å². The molecule has 1 N–H and O–H groups in total. The predicted octanol–water partition coefficient (Wildman–Crippen LogP) is 3.39.